The van der Waals surface area contributed by atoms with Gasteiger partial charge in [-0.15, -0.1) is 0 Å². The molecule has 0 bridgehead atoms. The van der Waals surface area contributed by atoms with Gasteiger partial charge < -0.3 is 20.9 Å². The maximum Gasteiger partial charge on any atom is 0.253 e. The van der Waals surface area contributed by atoms with Crippen LogP contribution in [0.25, 0.3) is 0 Å². The third-order valence-corrected chi connectivity index (χ3v) is 3.40. The van der Waals surface area contributed by atoms with Crippen LogP contribution < -0.4 is 15.8 Å². The van der Waals surface area contributed by atoms with Crippen LogP contribution in [-0.2, 0) is 0 Å². The van der Waals surface area contributed by atoms with Crippen molar-refractivity contribution < 1.29 is 14.6 Å². The molecule has 1 aromatic rings. The average molecular weight is 266 g/mol. The molecular weight excluding hydrogens is 244 g/mol. The molecule has 4 N–H and O–H groups in total. The van der Waals surface area contributed by atoms with E-state index in [0.29, 0.717) is 29.8 Å². The van der Waals surface area contributed by atoms with E-state index in [1.807, 2.05) is 13.8 Å². The zero-order valence-electron chi connectivity index (χ0n) is 11.7. The third-order valence-electron chi connectivity index (χ3n) is 3.40. The lowest BCUT2D eigenvalue weighted by Gasteiger charge is -2.25. The Morgan fingerprint density at radius 1 is 1.42 bits per heavy atom. The van der Waals surface area contributed by atoms with Gasteiger partial charge >= 0.3 is 0 Å². The SMILES string of the molecule is CCC(O)(CC)CNC(=O)c1cc(OC)ccc1N. The van der Waals surface area contributed by atoms with Crippen molar-refractivity contribution in [2.24, 2.45) is 0 Å². The van der Waals surface area contributed by atoms with Crippen molar-refractivity contribution >= 4 is 11.6 Å². The van der Waals surface area contributed by atoms with E-state index < -0.39 is 5.60 Å². The van der Waals surface area contributed by atoms with Gasteiger partial charge in [-0.25, -0.2) is 0 Å². The number of hydrogen-bond acceptors (Lipinski definition) is 4. The molecule has 0 saturated carbocycles. The molecule has 5 heteroatoms. The first-order chi connectivity index (χ1) is 8.95. The summed E-state index contributed by atoms with van der Waals surface area (Å²) < 4.78 is 5.06. The fraction of sp³-hybridized carbons (Fsp3) is 0.500. The maximum absolute atomic E-state index is 12.1. The molecule has 0 fully saturated rings. The first-order valence-corrected chi connectivity index (χ1v) is 6.40. The Morgan fingerprint density at radius 2 is 2.05 bits per heavy atom. The smallest absolute Gasteiger partial charge is 0.253 e. The zero-order chi connectivity index (χ0) is 14.5. The topological polar surface area (TPSA) is 84.6 Å². The summed E-state index contributed by atoms with van der Waals surface area (Å²) in [5.74, 6) is 0.261. The summed E-state index contributed by atoms with van der Waals surface area (Å²) in [5, 5.41) is 12.8. The van der Waals surface area contributed by atoms with Crippen LogP contribution in [0.4, 0.5) is 5.69 Å². The summed E-state index contributed by atoms with van der Waals surface area (Å²) in [6, 6.07) is 4.90. The maximum atomic E-state index is 12.1. The second-order valence-corrected chi connectivity index (χ2v) is 4.57. The van der Waals surface area contributed by atoms with Crippen LogP contribution >= 0.6 is 0 Å². The van der Waals surface area contributed by atoms with E-state index in [1.165, 1.54) is 7.11 Å². The summed E-state index contributed by atoms with van der Waals surface area (Å²) in [7, 11) is 1.53. The molecule has 106 valence electrons. The zero-order valence-corrected chi connectivity index (χ0v) is 11.7. The van der Waals surface area contributed by atoms with Gasteiger partial charge in [-0.2, -0.15) is 0 Å². The lowest BCUT2D eigenvalue weighted by atomic mass is 9.97. The molecule has 0 saturated heterocycles. The number of carbonyl (C=O) groups excluding carboxylic acids is 1. The Labute approximate surface area is 113 Å². The molecule has 19 heavy (non-hydrogen) atoms. The predicted octanol–water partition coefficient (Wildman–Crippen LogP) is 1.56. The van der Waals surface area contributed by atoms with Crippen molar-refractivity contribution in [1.29, 1.82) is 0 Å². The standard InChI is InChI=1S/C14H22N2O3/c1-4-14(18,5-2)9-16-13(17)11-8-10(19-3)6-7-12(11)15/h6-8,18H,4-5,9,15H2,1-3H3,(H,16,17). The van der Waals surface area contributed by atoms with Crippen LogP contribution in [0, 0.1) is 0 Å². The molecule has 0 aliphatic carbocycles. The molecule has 0 aliphatic heterocycles. The minimum atomic E-state index is -0.872. The number of nitrogen functional groups attached to an aromatic ring is 1. The number of benzene rings is 1. The monoisotopic (exact) mass is 266 g/mol. The van der Waals surface area contributed by atoms with Gasteiger partial charge in [0, 0.05) is 12.2 Å². The molecule has 0 radical (unpaired) electrons. The predicted molar refractivity (Wildman–Crippen MR) is 75.3 cm³/mol. The molecule has 0 aliphatic rings. The highest BCUT2D eigenvalue weighted by Gasteiger charge is 2.23. The van der Waals surface area contributed by atoms with E-state index in [4.69, 9.17) is 10.5 Å². The van der Waals surface area contributed by atoms with Crippen LogP contribution in [-0.4, -0.2) is 30.3 Å². The van der Waals surface area contributed by atoms with E-state index in [9.17, 15) is 9.90 Å². The number of nitrogens with one attached hydrogen (secondary N) is 1. The van der Waals surface area contributed by atoms with Gasteiger partial charge in [0.25, 0.3) is 5.91 Å². The van der Waals surface area contributed by atoms with Crippen LogP contribution in [0.2, 0.25) is 0 Å². The molecular formula is C14H22N2O3. The molecule has 0 heterocycles. The molecule has 0 spiro atoms. The molecule has 0 atom stereocenters. The highest BCUT2D eigenvalue weighted by Crippen LogP contribution is 2.20. The number of rotatable bonds is 6. The van der Waals surface area contributed by atoms with Gasteiger partial charge in [-0.05, 0) is 31.0 Å². The lowest BCUT2D eigenvalue weighted by Crippen LogP contribution is -2.42. The average Bonchev–Trinajstić information content (AvgIpc) is 2.45. The number of carbonyl (C=O) groups is 1. The van der Waals surface area contributed by atoms with E-state index >= 15 is 0 Å². The number of hydrogen-bond donors (Lipinski definition) is 3. The van der Waals surface area contributed by atoms with E-state index in [0.717, 1.165) is 0 Å². The Balaban J connectivity index is 2.78. The van der Waals surface area contributed by atoms with Gasteiger partial charge in [0.2, 0.25) is 0 Å². The van der Waals surface area contributed by atoms with Crippen LogP contribution in [0.1, 0.15) is 37.0 Å². The third kappa shape index (κ3) is 3.86. The van der Waals surface area contributed by atoms with Gasteiger partial charge in [0.05, 0.1) is 18.3 Å². The summed E-state index contributed by atoms with van der Waals surface area (Å²) in [5.41, 5.74) is 5.64. The van der Waals surface area contributed by atoms with Crippen molar-refractivity contribution in [3.05, 3.63) is 23.8 Å². The molecule has 0 unspecified atom stereocenters. The van der Waals surface area contributed by atoms with Gasteiger partial charge in [0.1, 0.15) is 5.75 Å². The number of aliphatic hydroxyl groups is 1. The Hall–Kier alpha value is -1.75. The van der Waals surface area contributed by atoms with Crippen molar-refractivity contribution in [3.63, 3.8) is 0 Å². The van der Waals surface area contributed by atoms with E-state index in [2.05, 4.69) is 5.32 Å². The first-order valence-electron chi connectivity index (χ1n) is 6.40. The van der Waals surface area contributed by atoms with E-state index in [-0.39, 0.29) is 12.5 Å². The summed E-state index contributed by atoms with van der Waals surface area (Å²) >= 11 is 0. The number of nitrogens with two attached hydrogens (primary N) is 1. The minimum absolute atomic E-state index is 0.204. The molecule has 1 rings (SSSR count). The molecule has 1 amide bonds. The minimum Gasteiger partial charge on any atom is -0.497 e. The van der Waals surface area contributed by atoms with Crippen molar-refractivity contribution in [2.45, 2.75) is 32.3 Å². The molecule has 5 nitrogen and oxygen atoms in total. The fourth-order valence-corrected chi connectivity index (χ4v) is 1.70. The second-order valence-electron chi connectivity index (χ2n) is 4.57. The van der Waals surface area contributed by atoms with Crippen LogP contribution in [0.3, 0.4) is 0 Å². The molecule has 1 aromatic carbocycles. The first kappa shape index (κ1) is 15.3. The highest BCUT2D eigenvalue weighted by molar-refractivity contribution is 5.99. The van der Waals surface area contributed by atoms with Crippen molar-refractivity contribution in [1.82, 2.24) is 5.32 Å². The van der Waals surface area contributed by atoms with Gasteiger partial charge in [-0.3, -0.25) is 4.79 Å². The summed E-state index contributed by atoms with van der Waals surface area (Å²) in [4.78, 5) is 12.1. The lowest BCUT2D eigenvalue weighted by molar-refractivity contribution is 0.0314. The highest BCUT2D eigenvalue weighted by atomic mass is 16.5. The summed E-state index contributed by atoms with van der Waals surface area (Å²) in [6.07, 6.45) is 1.16. The number of methoxy groups -OCH3 is 1. The summed E-state index contributed by atoms with van der Waals surface area (Å²) in [6.45, 7) is 3.97. The Bertz CT molecular complexity index is 442. The van der Waals surface area contributed by atoms with Crippen LogP contribution in [0.5, 0.6) is 5.75 Å². The van der Waals surface area contributed by atoms with Gasteiger partial charge in [0.15, 0.2) is 0 Å². The Morgan fingerprint density at radius 3 is 2.58 bits per heavy atom. The van der Waals surface area contributed by atoms with Crippen molar-refractivity contribution in [3.8, 4) is 5.75 Å². The number of amides is 1. The van der Waals surface area contributed by atoms with E-state index in [1.54, 1.807) is 18.2 Å². The number of ether oxygens (including phenoxy) is 1. The van der Waals surface area contributed by atoms with Crippen molar-refractivity contribution in [2.75, 3.05) is 19.4 Å². The quantitative estimate of drug-likeness (QED) is 0.682. The Kier molecular flexibility index (Phi) is 5.18. The van der Waals surface area contributed by atoms with Gasteiger partial charge in [-0.1, -0.05) is 13.8 Å². The fourth-order valence-electron chi connectivity index (χ4n) is 1.70. The molecule has 0 aromatic heterocycles. The number of anilines is 1. The van der Waals surface area contributed by atoms with Crippen LogP contribution in [0.15, 0.2) is 18.2 Å². The normalized spacial score (nSPS) is 11.2. The largest absolute Gasteiger partial charge is 0.497 e. The second kappa shape index (κ2) is 6.43.